The largest absolute Gasteiger partial charge is 0.0596 e. The fourth-order valence-electron chi connectivity index (χ4n) is 7.34. The van der Waals surface area contributed by atoms with Gasteiger partial charge in [0, 0.05) is 0 Å². The maximum Gasteiger partial charge on any atom is -0.0163 e. The van der Waals surface area contributed by atoms with E-state index in [1.54, 1.807) is 0 Å². The predicted molar refractivity (Wildman–Crippen MR) is 69.2 cm³/mol. The Morgan fingerprint density at radius 2 is 1.31 bits per heavy atom. The van der Waals surface area contributed by atoms with Crippen molar-refractivity contribution in [3.05, 3.63) is 0 Å². The highest BCUT2D eigenvalue weighted by Crippen LogP contribution is 2.88. The monoisotopic (exact) mass is 220 g/mol. The summed E-state index contributed by atoms with van der Waals surface area (Å²) >= 11 is 0. The Labute approximate surface area is 101 Å². The molecule has 0 amide bonds. The molecule has 0 nitrogen and oxygen atoms in total. The maximum atomic E-state index is 2.60. The van der Waals surface area contributed by atoms with Crippen LogP contribution in [0.3, 0.4) is 0 Å². The molecule has 0 saturated heterocycles. The molecule has 3 saturated carbocycles. The van der Waals surface area contributed by atoms with Crippen molar-refractivity contribution in [2.75, 3.05) is 0 Å². The smallest absolute Gasteiger partial charge is 0.0163 e. The summed E-state index contributed by atoms with van der Waals surface area (Å²) in [4.78, 5) is 0. The first-order valence-corrected chi connectivity index (χ1v) is 7.00. The minimum atomic E-state index is 0.524. The summed E-state index contributed by atoms with van der Waals surface area (Å²) in [5.74, 6) is 0.922. The van der Waals surface area contributed by atoms with Gasteiger partial charge in [0.2, 0.25) is 0 Å². The molecule has 0 heteroatoms. The van der Waals surface area contributed by atoms with Crippen molar-refractivity contribution in [2.24, 2.45) is 33.0 Å². The molecular weight excluding hydrogens is 192 g/mol. The molecule has 3 aliphatic carbocycles. The van der Waals surface area contributed by atoms with Gasteiger partial charge in [-0.05, 0) is 52.3 Å². The highest BCUT2D eigenvalue weighted by Gasteiger charge is 2.81. The zero-order valence-electron chi connectivity index (χ0n) is 12.2. The lowest BCUT2D eigenvalue weighted by molar-refractivity contribution is -0.255. The van der Waals surface area contributed by atoms with Crippen LogP contribution in [0.5, 0.6) is 0 Å². The fraction of sp³-hybridized carbons (Fsp3) is 1.00. The van der Waals surface area contributed by atoms with Crippen molar-refractivity contribution in [1.29, 1.82) is 0 Å². The summed E-state index contributed by atoms with van der Waals surface area (Å²) in [5.41, 5.74) is 2.88. The van der Waals surface area contributed by atoms with Crippen molar-refractivity contribution in [1.82, 2.24) is 0 Å². The van der Waals surface area contributed by atoms with E-state index in [0.29, 0.717) is 27.1 Å². The first-order chi connectivity index (χ1) is 7.00. The molecule has 16 heavy (non-hydrogen) atoms. The molecule has 2 bridgehead atoms. The van der Waals surface area contributed by atoms with Gasteiger partial charge in [0.1, 0.15) is 0 Å². The molecule has 3 aliphatic rings. The van der Waals surface area contributed by atoms with Crippen molar-refractivity contribution in [3.8, 4) is 0 Å². The van der Waals surface area contributed by atoms with Gasteiger partial charge in [-0.1, -0.05) is 48.5 Å². The van der Waals surface area contributed by atoms with Crippen LogP contribution in [-0.2, 0) is 0 Å². The minimum absolute atomic E-state index is 0.524. The van der Waals surface area contributed by atoms with E-state index in [-0.39, 0.29) is 0 Å². The molecule has 0 aromatic rings. The van der Waals surface area contributed by atoms with Crippen LogP contribution in [0.25, 0.3) is 0 Å². The SMILES string of the molecule is CC1(C)CC2(C)CC3(C)CC1C(C)(C)C32C. The molecule has 0 heterocycles. The topological polar surface area (TPSA) is 0 Å². The third kappa shape index (κ3) is 0.754. The molecule has 0 radical (unpaired) electrons. The Bertz CT molecular complexity index is 364. The molecule has 0 spiro atoms. The third-order valence-corrected chi connectivity index (χ3v) is 7.80. The van der Waals surface area contributed by atoms with Gasteiger partial charge in [0.05, 0.1) is 0 Å². The van der Waals surface area contributed by atoms with E-state index in [1.165, 1.54) is 19.3 Å². The summed E-state index contributed by atoms with van der Waals surface area (Å²) < 4.78 is 0. The highest BCUT2D eigenvalue weighted by atomic mass is 14.9. The second kappa shape index (κ2) is 2.27. The fourth-order valence-corrected chi connectivity index (χ4v) is 7.34. The number of rotatable bonds is 0. The summed E-state index contributed by atoms with van der Waals surface area (Å²) in [6, 6.07) is 0. The number of fused-ring (bicyclic) bond motifs is 1. The Kier molecular flexibility index (Phi) is 1.58. The van der Waals surface area contributed by atoms with Crippen LogP contribution in [-0.4, -0.2) is 0 Å². The first-order valence-electron chi connectivity index (χ1n) is 7.00. The highest BCUT2D eigenvalue weighted by molar-refractivity contribution is 5.29. The Morgan fingerprint density at radius 1 is 0.750 bits per heavy atom. The van der Waals surface area contributed by atoms with E-state index in [4.69, 9.17) is 0 Å². The third-order valence-electron chi connectivity index (χ3n) is 7.80. The lowest BCUT2D eigenvalue weighted by Gasteiger charge is -2.74. The quantitative estimate of drug-likeness (QED) is 0.545. The maximum absolute atomic E-state index is 2.60. The van der Waals surface area contributed by atoms with Gasteiger partial charge in [0.15, 0.2) is 0 Å². The van der Waals surface area contributed by atoms with Gasteiger partial charge in [-0.25, -0.2) is 0 Å². The number of hydrogen-bond donors (Lipinski definition) is 0. The summed E-state index contributed by atoms with van der Waals surface area (Å²) in [5, 5.41) is 0. The van der Waals surface area contributed by atoms with Crippen LogP contribution in [0.1, 0.15) is 67.7 Å². The van der Waals surface area contributed by atoms with Crippen molar-refractivity contribution in [2.45, 2.75) is 67.7 Å². The van der Waals surface area contributed by atoms with Crippen LogP contribution >= 0.6 is 0 Å². The van der Waals surface area contributed by atoms with E-state index < -0.39 is 0 Å². The molecule has 92 valence electrons. The van der Waals surface area contributed by atoms with Crippen LogP contribution in [0, 0.1) is 33.0 Å². The standard InChI is InChI=1S/C16H28/c1-12(2)9-15(6)10-14(5)8-11(12)13(3,4)16(14,15)7/h11H,8-10H2,1-7H3. The molecule has 0 aromatic heterocycles. The van der Waals surface area contributed by atoms with Gasteiger partial charge < -0.3 is 0 Å². The Balaban J connectivity index is 2.23. The molecule has 0 N–H and O–H groups in total. The first kappa shape index (κ1) is 11.1. The van der Waals surface area contributed by atoms with Crippen molar-refractivity contribution in [3.63, 3.8) is 0 Å². The molecule has 0 aromatic carbocycles. The van der Waals surface area contributed by atoms with Crippen LogP contribution < -0.4 is 0 Å². The second-order valence-corrected chi connectivity index (χ2v) is 9.07. The molecule has 3 rings (SSSR count). The van der Waals surface area contributed by atoms with Crippen molar-refractivity contribution >= 4 is 0 Å². The average Bonchev–Trinajstić information content (AvgIpc) is 2.17. The zero-order chi connectivity index (χ0) is 12.2. The lowest BCUT2D eigenvalue weighted by atomic mass is 9.30. The van der Waals surface area contributed by atoms with E-state index in [0.717, 1.165) is 5.92 Å². The second-order valence-electron chi connectivity index (χ2n) is 9.07. The van der Waals surface area contributed by atoms with Gasteiger partial charge in [-0.15, -0.1) is 0 Å². The molecule has 0 aliphatic heterocycles. The minimum Gasteiger partial charge on any atom is -0.0596 e. The van der Waals surface area contributed by atoms with Crippen LogP contribution in [0.15, 0.2) is 0 Å². The molecule has 4 unspecified atom stereocenters. The molecule has 4 atom stereocenters. The van der Waals surface area contributed by atoms with Crippen LogP contribution in [0.2, 0.25) is 0 Å². The van der Waals surface area contributed by atoms with Gasteiger partial charge in [-0.2, -0.15) is 0 Å². The summed E-state index contributed by atoms with van der Waals surface area (Å²) in [6.45, 7) is 17.9. The summed E-state index contributed by atoms with van der Waals surface area (Å²) in [6.07, 6.45) is 4.39. The van der Waals surface area contributed by atoms with Gasteiger partial charge in [0.25, 0.3) is 0 Å². The van der Waals surface area contributed by atoms with Gasteiger partial charge in [-0.3, -0.25) is 0 Å². The van der Waals surface area contributed by atoms with E-state index >= 15 is 0 Å². The van der Waals surface area contributed by atoms with Gasteiger partial charge >= 0.3 is 0 Å². The summed E-state index contributed by atoms with van der Waals surface area (Å²) in [7, 11) is 0. The average molecular weight is 220 g/mol. The molecular formula is C16H28. The predicted octanol–water partition coefficient (Wildman–Crippen LogP) is 4.89. The Morgan fingerprint density at radius 3 is 1.88 bits per heavy atom. The van der Waals surface area contributed by atoms with E-state index in [2.05, 4.69) is 48.5 Å². The lowest BCUT2D eigenvalue weighted by Crippen LogP contribution is -2.67. The Hall–Kier alpha value is 0. The normalized spacial score (nSPS) is 60.6. The van der Waals surface area contributed by atoms with E-state index in [1.807, 2.05) is 0 Å². The van der Waals surface area contributed by atoms with Crippen LogP contribution in [0.4, 0.5) is 0 Å². The van der Waals surface area contributed by atoms with Crippen molar-refractivity contribution < 1.29 is 0 Å². The van der Waals surface area contributed by atoms with E-state index in [9.17, 15) is 0 Å². The number of hydrogen-bond acceptors (Lipinski definition) is 0. The zero-order valence-corrected chi connectivity index (χ0v) is 12.2. The molecule has 3 fully saturated rings.